The van der Waals surface area contributed by atoms with Gasteiger partial charge in [0.05, 0.1) is 18.3 Å². The van der Waals surface area contributed by atoms with E-state index >= 15 is 0 Å². The number of hydrogen-bond donors (Lipinski definition) is 2. The second-order valence-electron chi connectivity index (χ2n) is 6.56. The third-order valence-electron chi connectivity index (χ3n) is 3.45. The average molecular weight is 303 g/mol. The molecular weight excluding hydrogens is 282 g/mol. The molecule has 1 aromatic heterocycles. The minimum Gasteiger partial charge on any atom is -0.494 e. The SMILES string of the molecule is COc1ccc(NC(=O)OC(C)(C)C)c2[nH]c(C3CC3)nc12. The van der Waals surface area contributed by atoms with E-state index in [4.69, 9.17) is 9.47 Å². The van der Waals surface area contributed by atoms with E-state index in [2.05, 4.69) is 15.3 Å². The van der Waals surface area contributed by atoms with Gasteiger partial charge in [-0.3, -0.25) is 5.32 Å². The first-order valence-corrected chi connectivity index (χ1v) is 7.44. The van der Waals surface area contributed by atoms with Crippen molar-refractivity contribution in [3.63, 3.8) is 0 Å². The Kier molecular flexibility index (Phi) is 3.47. The van der Waals surface area contributed by atoms with Crippen molar-refractivity contribution >= 4 is 22.8 Å². The molecule has 0 radical (unpaired) electrons. The largest absolute Gasteiger partial charge is 0.494 e. The first kappa shape index (κ1) is 14.7. The number of ether oxygens (including phenoxy) is 2. The van der Waals surface area contributed by atoms with Crippen LogP contribution in [0.15, 0.2) is 12.1 Å². The summed E-state index contributed by atoms with van der Waals surface area (Å²) in [6.45, 7) is 5.49. The number of nitrogens with one attached hydrogen (secondary N) is 2. The van der Waals surface area contributed by atoms with Gasteiger partial charge in [0.15, 0.2) is 0 Å². The van der Waals surface area contributed by atoms with Gasteiger partial charge in [-0.25, -0.2) is 9.78 Å². The van der Waals surface area contributed by atoms with Crippen LogP contribution in [0.3, 0.4) is 0 Å². The maximum atomic E-state index is 12.0. The summed E-state index contributed by atoms with van der Waals surface area (Å²) in [4.78, 5) is 19.9. The minimum atomic E-state index is -0.539. The van der Waals surface area contributed by atoms with Crippen LogP contribution in [0.1, 0.15) is 45.4 Å². The maximum Gasteiger partial charge on any atom is 0.412 e. The number of benzene rings is 1. The fraction of sp³-hybridized carbons (Fsp3) is 0.500. The van der Waals surface area contributed by atoms with E-state index in [9.17, 15) is 4.79 Å². The Morgan fingerprint density at radius 3 is 2.68 bits per heavy atom. The van der Waals surface area contributed by atoms with Crippen molar-refractivity contribution in [2.75, 3.05) is 12.4 Å². The lowest BCUT2D eigenvalue weighted by Gasteiger charge is -2.19. The van der Waals surface area contributed by atoms with E-state index < -0.39 is 11.7 Å². The predicted octanol–water partition coefficient (Wildman–Crippen LogP) is 3.80. The number of methoxy groups -OCH3 is 1. The Morgan fingerprint density at radius 1 is 1.36 bits per heavy atom. The summed E-state index contributed by atoms with van der Waals surface area (Å²) in [6, 6.07) is 3.59. The van der Waals surface area contributed by atoms with Gasteiger partial charge in [0.1, 0.15) is 22.7 Å². The number of anilines is 1. The molecule has 1 amide bonds. The summed E-state index contributed by atoms with van der Waals surface area (Å²) in [5, 5.41) is 2.78. The first-order valence-electron chi connectivity index (χ1n) is 7.44. The van der Waals surface area contributed by atoms with Crippen molar-refractivity contribution in [2.24, 2.45) is 0 Å². The molecule has 6 heteroatoms. The van der Waals surface area contributed by atoms with Crippen LogP contribution >= 0.6 is 0 Å². The van der Waals surface area contributed by atoms with Gasteiger partial charge in [-0.05, 0) is 45.7 Å². The lowest BCUT2D eigenvalue weighted by molar-refractivity contribution is 0.0636. The number of imidazole rings is 1. The maximum absolute atomic E-state index is 12.0. The Labute approximate surface area is 129 Å². The summed E-state index contributed by atoms with van der Waals surface area (Å²) in [5.74, 6) is 2.13. The van der Waals surface area contributed by atoms with Crippen molar-refractivity contribution in [1.82, 2.24) is 9.97 Å². The molecule has 1 heterocycles. The molecule has 22 heavy (non-hydrogen) atoms. The van der Waals surface area contributed by atoms with E-state index in [1.54, 1.807) is 19.2 Å². The molecule has 0 atom stereocenters. The van der Waals surface area contributed by atoms with E-state index in [0.29, 0.717) is 17.4 Å². The van der Waals surface area contributed by atoms with Crippen LogP contribution in [0.2, 0.25) is 0 Å². The van der Waals surface area contributed by atoms with Gasteiger partial charge in [0, 0.05) is 5.92 Å². The van der Waals surface area contributed by atoms with Gasteiger partial charge in [-0.1, -0.05) is 0 Å². The molecule has 118 valence electrons. The van der Waals surface area contributed by atoms with Crippen molar-refractivity contribution < 1.29 is 14.3 Å². The summed E-state index contributed by atoms with van der Waals surface area (Å²) in [6.07, 6.45) is 1.81. The molecule has 0 aliphatic heterocycles. The van der Waals surface area contributed by atoms with E-state index in [1.165, 1.54) is 0 Å². The van der Waals surface area contributed by atoms with Gasteiger partial charge in [0.2, 0.25) is 0 Å². The van der Waals surface area contributed by atoms with Crippen LogP contribution in [-0.4, -0.2) is 28.8 Å². The number of carbonyl (C=O) groups excluding carboxylic acids is 1. The smallest absolute Gasteiger partial charge is 0.412 e. The van der Waals surface area contributed by atoms with Crippen LogP contribution in [0.5, 0.6) is 5.75 Å². The molecular formula is C16H21N3O3. The zero-order valence-corrected chi connectivity index (χ0v) is 13.3. The third-order valence-corrected chi connectivity index (χ3v) is 3.45. The van der Waals surface area contributed by atoms with Crippen molar-refractivity contribution in [3.05, 3.63) is 18.0 Å². The summed E-state index contributed by atoms with van der Waals surface area (Å²) in [5.41, 5.74) is 1.61. The van der Waals surface area contributed by atoms with Gasteiger partial charge >= 0.3 is 6.09 Å². The average Bonchev–Trinajstić information content (AvgIpc) is 3.16. The lowest BCUT2D eigenvalue weighted by atomic mass is 10.2. The standard InChI is InChI=1S/C16H21N3O3/c1-16(2,3)22-15(20)17-10-7-8-11(21-4)13-12(10)18-14(19-13)9-5-6-9/h7-9H,5-6H2,1-4H3,(H,17,20)(H,18,19). The molecule has 3 rings (SSSR count). The Bertz CT molecular complexity index is 711. The highest BCUT2D eigenvalue weighted by molar-refractivity contribution is 5.99. The highest BCUT2D eigenvalue weighted by Gasteiger charge is 2.28. The number of H-pyrrole nitrogens is 1. The number of carbonyl (C=O) groups is 1. The zero-order valence-electron chi connectivity index (χ0n) is 13.3. The molecule has 2 N–H and O–H groups in total. The van der Waals surface area contributed by atoms with Crippen LogP contribution in [0.25, 0.3) is 11.0 Å². The van der Waals surface area contributed by atoms with E-state index in [-0.39, 0.29) is 0 Å². The zero-order chi connectivity index (χ0) is 15.9. The van der Waals surface area contributed by atoms with Gasteiger partial charge in [0.25, 0.3) is 0 Å². The number of aromatic nitrogens is 2. The second kappa shape index (κ2) is 5.19. The molecule has 1 aliphatic rings. The molecule has 6 nitrogen and oxygen atoms in total. The van der Waals surface area contributed by atoms with Crippen LogP contribution < -0.4 is 10.1 Å². The third kappa shape index (κ3) is 3.00. The van der Waals surface area contributed by atoms with Crippen molar-refractivity contribution in [2.45, 2.75) is 45.1 Å². The van der Waals surface area contributed by atoms with Crippen molar-refractivity contribution in [3.8, 4) is 5.75 Å². The molecule has 1 fully saturated rings. The number of amides is 1. The quantitative estimate of drug-likeness (QED) is 0.904. The number of fused-ring (bicyclic) bond motifs is 1. The summed E-state index contributed by atoms with van der Waals surface area (Å²) in [7, 11) is 1.61. The normalized spacial score (nSPS) is 14.9. The topological polar surface area (TPSA) is 76.2 Å². The highest BCUT2D eigenvalue weighted by Crippen LogP contribution is 2.41. The fourth-order valence-electron chi connectivity index (χ4n) is 2.32. The van der Waals surface area contributed by atoms with E-state index in [1.807, 2.05) is 20.8 Å². The Hall–Kier alpha value is -2.24. The lowest BCUT2D eigenvalue weighted by Crippen LogP contribution is -2.27. The Balaban J connectivity index is 1.93. The van der Waals surface area contributed by atoms with Crippen LogP contribution in [-0.2, 0) is 4.74 Å². The summed E-state index contributed by atoms with van der Waals surface area (Å²) < 4.78 is 10.7. The molecule has 1 aliphatic carbocycles. The molecule has 1 aromatic carbocycles. The number of aromatic amines is 1. The van der Waals surface area contributed by atoms with E-state index in [0.717, 1.165) is 29.7 Å². The number of rotatable bonds is 3. The van der Waals surface area contributed by atoms with Crippen molar-refractivity contribution in [1.29, 1.82) is 0 Å². The molecule has 0 unspecified atom stereocenters. The highest BCUT2D eigenvalue weighted by atomic mass is 16.6. The second-order valence-corrected chi connectivity index (χ2v) is 6.56. The fourth-order valence-corrected chi connectivity index (χ4v) is 2.32. The monoisotopic (exact) mass is 303 g/mol. The van der Waals surface area contributed by atoms with Crippen LogP contribution in [0.4, 0.5) is 10.5 Å². The van der Waals surface area contributed by atoms with Gasteiger partial charge in [-0.15, -0.1) is 0 Å². The molecule has 2 aromatic rings. The minimum absolute atomic E-state index is 0.485. The summed E-state index contributed by atoms with van der Waals surface area (Å²) >= 11 is 0. The Morgan fingerprint density at radius 2 is 2.09 bits per heavy atom. The van der Waals surface area contributed by atoms with Gasteiger partial charge in [-0.2, -0.15) is 0 Å². The molecule has 0 saturated heterocycles. The number of hydrogen-bond acceptors (Lipinski definition) is 4. The van der Waals surface area contributed by atoms with Crippen LogP contribution in [0, 0.1) is 0 Å². The first-order chi connectivity index (χ1) is 10.4. The number of nitrogens with zero attached hydrogens (tertiary/aromatic N) is 1. The molecule has 1 saturated carbocycles. The molecule has 0 spiro atoms. The molecule has 0 bridgehead atoms. The van der Waals surface area contributed by atoms with Gasteiger partial charge < -0.3 is 14.5 Å². The predicted molar refractivity (Wildman–Crippen MR) is 84.5 cm³/mol.